The van der Waals surface area contributed by atoms with Gasteiger partial charge in [0.2, 0.25) is 10.0 Å². The number of guanidine groups is 1. The molecule has 1 saturated heterocycles. The molecule has 1 fully saturated rings. The maximum Gasteiger partial charge on any atom is 0.216 e. The second-order valence-electron chi connectivity index (χ2n) is 7.24. The van der Waals surface area contributed by atoms with E-state index in [9.17, 15) is 8.42 Å². The minimum atomic E-state index is -3.38. The number of sulfonamides is 1. The Kier molecular flexibility index (Phi) is 12.0. The second kappa shape index (κ2) is 13.4. The number of aliphatic imine (C=N–C) groups is 1. The van der Waals surface area contributed by atoms with E-state index in [0.29, 0.717) is 12.5 Å². The number of nitrogens with zero attached hydrogens (tertiary/aromatic N) is 2. The summed E-state index contributed by atoms with van der Waals surface area (Å²) in [6.07, 6.45) is 0.978. The Morgan fingerprint density at radius 1 is 1.24 bits per heavy atom. The topological polar surface area (TPSA) is 109 Å². The summed E-state index contributed by atoms with van der Waals surface area (Å²) in [5, 5.41) is 3.13. The average Bonchev–Trinajstić information content (AvgIpc) is 2.64. The first-order valence-corrected chi connectivity index (χ1v) is 11.4. The van der Waals surface area contributed by atoms with Gasteiger partial charge in [-0.1, -0.05) is 24.3 Å². The highest BCUT2D eigenvalue weighted by Gasteiger charge is 2.15. The number of rotatable bonds is 10. The lowest BCUT2D eigenvalue weighted by molar-refractivity contribution is 0.0376. The fraction of sp³-hybridized carbons (Fsp3) is 0.632. The van der Waals surface area contributed by atoms with Crippen LogP contribution >= 0.6 is 24.0 Å². The molecule has 166 valence electrons. The number of halogens is 1. The highest BCUT2D eigenvalue weighted by molar-refractivity contribution is 14.0. The van der Waals surface area contributed by atoms with Crippen LogP contribution in [0.5, 0.6) is 0 Å². The van der Waals surface area contributed by atoms with Crippen LogP contribution in [-0.4, -0.2) is 64.7 Å². The van der Waals surface area contributed by atoms with Crippen molar-refractivity contribution in [2.24, 2.45) is 10.7 Å². The zero-order valence-electron chi connectivity index (χ0n) is 17.3. The van der Waals surface area contributed by atoms with Crippen molar-refractivity contribution in [1.82, 2.24) is 14.9 Å². The third-order valence-electron chi connectivity index (χ3n) is 4.36. The van der Waals surface area contributed by atoms with E-state index >= 15 is 0 Å². The summed E-state index contributed by atoms with van der Waals surface area (Å²) in [5.74, 6) is 0.309. The monoisotopic (exact) mass is 539 g/mol. The highest BCUT2D eigenvalue weighted by atomic mass is 127. The molecule has 0 spiro atoms. The summed E-state index contributed by atoms with van der Waals surface area (Å²) in [6, 6.07) is 7.28. The van der Waals surface area contributed by atoms with E-state index in [-0.39, 0.29) is 35.8 Å². The molecule has 0 aliphatic carbocycles. The Morgan fingerprint density at radius 3 is 2.55 bits per heavy atom. The third kappa shape index (κ3) is 10.6. The Balaban J connectivity index is 0.00000420. The molecule has 10 heteroatoms. The van der Waals surface area contributed by atoms with E-state index < -0.39 is 10.0 Å². The maximum absolute atomic E-state index is 12.2. The van der Waals surface area contributed by atoms with Gasteiger partial charge in [-0.15, -0.1) is 24.0 Å². The molecule has 0 aromatic heterocycles. The highest BCUT2D eigenvalue weighted by Crippen LogP contribution is 2.13. The lowest BCUT2D eigenvalue weighted by atomic mass is 10.1. The molecule has 0 amide bonds. The first kappa shape index (κ1) is 26.1. The van der Waals surface area contributed by atoms with Crippen LogP contribution in [0.25, 0.3) is 0 Å². The molecule has 0 saturated carbocycles. The molecular formula is C19H34IN5O3S. The van der Waals surface area contributed by atoms with Gasteiger partial charge in [-0.3, -0.25) is 4.90 Å². The first-order valence-electron chi connectivity index (χ1n) is 9.76. The molecule has 8 nitrogen and oxygen atoms in total. The zero-order valence-corrected chi connectivity index (χ0v) is 20.4. The van der Waals surface area contributed by atoms with Crippen molar-refractivity contribution >= 4 is 40.0 Å². The zero-order chi connectivity index (χ0) is 20.4. The normalized spacial score (nSPS) is 15.9. The predicted molar refractivity (Wildman–Crippen MR) is 128 cm³/mol. The summed E-state index contributed by atoms with van der Waals surface area (Å²) < 4.78 is 32.4. The summed E-state index contributed by atoms with van der Waals surface area (Å²) in [6.45, 7) is 9.28. The average molecular weight is 539 g/mol. The van der Waals surface area contributed by atoms with E-state index in [0.717, 1.165) is 56.9 Å². The Morgan fingerprint density at radius 2 is 1.90 bits per heavy atom. The van der Waals surface area contributed by atoms with Gasteiger partial charge in [0.25, 0.3) is 0 Å². The van der Waals surface area contributed by atoms with Crippen molar-refractivity contribution in [3.8, 4) is 0 Å². The summed E-state index contributed by atoms with van der Waals surface area (Å²) in [7, 11) is -3.38. The number of nitrogens with one attached hydrogen (secondary N) is 2. The summed E-state index contributed by atoms with van der Waals surface area (Å²) >= 11 is 0. The largest absolute Gasteiger partial charge is 0.379 e. The van der Waals surface area contributed by atoms with Gasteiger partial charge in [-0.2, -0.15) is 0 Å². The van der Waals surface area contributed by atoms with Crippen LogP contribution in [0.1, 0.15) is 31.4 Å². The first-order chi connectivity index (χ1) is 13.4. The van der Waals surface area contributed by atoms with E-state index in [1.54, 1.807) is 13.8 Å². The van der Waals surface area contributed by atoms with Crippen molar-refractivity contribution in [3.05, 3.63) is 35.4 Å². The van der Waals surface area contributed by atoms with Crippen LogP contribution < -0.4 is 15.8 Å². The Labute approximate surface area is 191 Å². The molecule has 1 heterocycles. The second-order valence-corrected chi connectivity index (χ2v) is 8.99. The number of hydrogen-bond acceptors (Lipinski definition) is 5. The maximum atomic E-state index is 12.2. The SMILES string of the molecule is CC(C)NS(=O)(=O)Cc1ccccc1CN=C(N)NCCCN1CCOCC1.I. The Hall–Kier alpha value is -0.950. The van der Waals surface area contributed by atoms with Crippen LogP contribution in [0.3, 0.4) is 0 Å². The summed E-state index contributed by atoms with van der Waals surface area (Å²) in [5.41, 5.74) is 7.55. The van der Waals surface area contributed by atoms with Crippen LogP contribution in [-0.2, 0) is 27.1 Å². The van der Waals surface area contributed by atoms with Crippen molar-refractivity contribution in [2.45, 2.75) is 38.6 Å². The van der Waals surface area contributed by atoms with E-state index in [4.69, 9.17) is 10.5 Å². The lowest BCUT2D eigenvalue weighted by Gasteiger charge is -2.26. The summed E-state index contributed by atoms with van der Waals surface area (Å²) in [4.78, 5) is 6.74. The van der Waals surface area contributed by atoms with Gasteiger partial charge in [0.05, 0.1) is 25.5 Å². The smallest absolute Gasteiger partial charge is 0.216 e. The van der Waals surface area contributed by atoms with Crippen molar-refractivity contribution in [3.63, 3.8) is 0 Å². The Bertz CT molecular complexity index is 737. The molecule has 2 rings (SSSR count). The minimum absolute atomic E-state index is 0. The molecule has 1 aliphatic rings. The van der Waals surface area contributed by atoms with Crippen LogP contribution in [0, 0.1) is 0 Å². The fourth-order valence-electron chi connectivity index (χ4n) is 3.03. The molecule has 4 N–H and O–H groups in total. The number of nitrogens with two attached hydrogens (primary N) is 1. The van der Waals surface area contributed by atoms with Gasteiger partial charge in [0.15, 0.2) is 5.96 Å². The van der Waals surface area contributed by atoms with Gasteiger partial charge in [-0.05, 0) is 37.9 Å². The van der Waals surface area contributed by atoms with Crippen molar-refractivity contribution in [2.75, 3.05) is 39.4 Å². The molecule has 0 radical (unpaired) electrons. The molecule has 0 atom stereocenters. The number of hydrogen-bond donors (Lipinski definition) is 3. The van der Waals surface area contributed by atoms with Crippen LogP contribution in [0.4, 0.5) is 0 Å². The molecule has 29 heavy (non-hydrogen) atoms. The fourth-order valence-corrected chi connectivity index (χ4v) is 4.52. The molecular weight excluding hydrogens is 505 g/mol. The molecule has 1 aromatic rings. The predicted octanol–water partition coefficient (Wildman–Crippen LogP) is 1.26. The van der Waals surface area contributed by atoms with Crippen LogP contribution in [0.2, 0.25) is 0 Å². The number of benzene rings is 1. The van der Waals surface area contributed by atoms with E-state index in [2.05, 4.69) is 19.9 Å². The van der Waals surface area contributed by atoms with Gasteiger partial charge in [0.1, 0.15) is 0 Å². The molecule has 0 bridgehead atoms. The number of morpholine rings is 1. The van der Waals surface area contributed by atoms with Gasteiger partial charge in [-0.25, -0.2) is 18.1 Å². The van der Waals surface area contributed by atoms with E-state index in [1.807, 2.05) is 24.3 Å². The molecule has 0 unspecified atom stereocenters. The van der Waals surface area contributed by atoms with E-state index in [1.165, 1.54) is 0 Å². The van der Waals surface area contributed by atoms with Crippen LogP contribution in [0.15, 0.2) is 29.3 Å². The molecule has 1 aromatic carbocycles. The minimum Gasteiger partial charge on any atom is -0.379 e. The lowest BCUT2D eigenvalue weighted by Crippen LogP contribution is -2.39. The third-order valence-corrected chi connectivity index (χ3v) is 5.88. The standard InChI is InChI=1S/C19H33N5O3S.HI/c1-16(2)23-28(25,26)15-18-7-4-3-6-17(18)14-22-19(20)21-8-5-9-24-10-12-27-13-11-24;/h3-4,6-7,16,23H,5,8-15H2,1-2H3,(H3,20,21,22);1H. The van der Waals surface area contributed by atoms with Crippen molar-refractivity contribution in [1.29, 1.82) is 0 Å². The quantitative estimate of drug-likeness (QED) is 0.179. The van der Waals surface area contributed by atoms with Gasteiger partial charge < -0.3 is 15.8 Å². The van der Waals surface area contributed by atoms with Crippen molar-refractivity contribution < 1.29 is 13.2 Å². The van der Waals surface area contributed by atoms with Gasteiger partial charge >= 0.3 is 0 Å². The van der Waals surface area contributed by atoms with Gasteiger partial charge in [0, 0.05) is 25.7 Å². The number of ether oxygens (including phenoxy) is 1. The molecule has 1 aliphatic heterocycles.